The highest BCUT2D eigenvalue weighted by atomic mass is 19.4. The average molecular weight is 354 g/mol. The van der Waals surface area contributed by atoms with Crippen molar-refractivity contribution in [3.8, 4) is 0 Å². The number of halogens is 3. The fourth-order valence-corrected chi connectivity index (χ4v) is 2.71. The molecule has 0 saturated carbocycles. The van der Waals surface area contributed by atoms with Crippen molar-refractivity contribution in [1.29, 1.82) is 0 Å². The Hall–Kier alpha value is -2.42. The maximum absolute atomic E-state index is 12.6. The van der Waals surface area contributed by atoms with Crippen LogP contribution in [0.3, 0.4) is 0 Å². The topological polar surface area (TPSA) is 80.1 Å². The molecule has 9 heteroatoms. The van der Waals surface area contributed by atoms with Crippen LogP contribution in [0.1, 0.15) is 55.1 Å². The van der Waals surface area contributed by atoms with Crippen LogP contribution in [0.2, 0.25) is 0 Å². The summed E-state index contributed by atoms with van der Waals surface area (Å²) in [5, 5.41) is 13.8. The van der Waals surface area contributed by atoms with Crippen LogP contribution in [0.5, 0.6) is 0 Å². The molecule has 2 aromatic rings. The molecule has 2 heterocycles. The first kappa shape index (κ1) is 17.4. The minimum absolute atomic E-state index is 0.119. The molecule has 1 aromatic carbocycles. The van der Waals surface area contributed by atoms with Gasteiger partial charge in [0.2, 0.25) is 17.7 Å². The van der Waals surface area contributed by atoms with Gasteiger partial charge < -0.3 is 9.73 Å². The van der Waals surface area contributed by atoms with Crippen molar-refractivity contribution in [3.63, 3.8) is 0 Å². The summed E-state index contributed by atoms with van der Waals surface area (Å²) in [6.45, 7) is 3.57. The summed E-state index contributed by atoms with van der Waals surface area (Å²) in [5.74, 6) is 0.0933. The van der Waals surface area contributed by atoms with Crippen LogP contribution in [0.4, 0.5) is 13.2 Å². The fourth-order valence-electron chi connectivity index (χ4n) is 2.71. The van der Waals surface area contributed by atoms with E-state index in [1.165, 1.54) is 12.1 Å². The van der Waals surface area contributed by atoms with E-state index < -0.39 is 11.7 Å². The Balaban J connectivity index is 1.76. The van der Waals surface area contributed by atoms with Gasteiger partial charge in [0, 0.05) is 0 Å². The van der Waals surface area contributed by atoms with E-state index in [4.69, 9.17) is 4.42 Å². The number of hydrogen-bond donors (Lipinski definition) is 2. The van der Waals surface area contributed by atoms with Crippen molar-refractivity contribution in [2.45, 2.75) is 44.6 Å². The predicted molar refractivity (Wildman–Crippen MR) is 81.4 cm³/mol. The van der Waals surface area contributed by atoms with E-state index in [1.54, 1.807) is 13.8 Å². The van der Waals surface area contributed by atoms with Gasteiger partial charge in [0.1, 0.15) is 0 Å². The van der Waals surface area contributed by atoms with Crippen molar-refractivity contribution < 1.29 is 22.4 Å². The second kappa shape index (κ2) is 6.47. The summed E-state index contributed by atoms with van der Waals surface area (Å²) in [6.07, 6.45) is -4.40. The number of carbonyl (C=O) groups is 1. The number of aromatic nitrogens is 2. The van der Waals surface area contributed by atoms with Crippen molar-refractivity contribution in [1.82, 2.24) is 20.8 Å². The standard InChI is InChI=1S/C16H17F3N4O2/c1-8(10-3-5-11(6-4-10)16(17,18)19)14-22-23-15(25-14)12-7-13(24)21-9(2)20-12/h3-6,8-9,12,20H,7H2,1-2H3,(H,21,24)/t8-,9?,12?/m0/s1. The van der Waals surface area contributed by atoms with Gasteiger partial charge in [-0.05, 0) is 31.5 Å². The normalized spacial score (nSPS) is 22.5. The van der Waals surface area contributed by atoms with Crippen LogP contribution in [0, 0.1) is 0 Å². The third-order valence-corrected chi connectivity index (χ3v) is 4.08. The van der Waals surface area contributed by atoms with Crippen molar-refractivity contribution in [2.75, 3.05) is 0 Å². The molecule has 1 saturated heterocycles. The second-order valence-electron chi connectivity index (χ2n) is 6.03. The summed E-state index contributed by atoms with van der Waals surface area (Å²) < 4.78 is 43.6. The lowest BCUT2D eigenvalue weighted by atomic mass is 10.00. The summed E-state index contributed by atoms with van der Waals surface area (Å²) in [6, 6.07) is 4.46. The highest BCUT2D eigenvalue weighted by Crippen LogP contribution is 2.31. The molecule has 0 spiro atoms. The van der Waals surface area contributed by atoms with Crippen LogP contribution >= 0.6 is 0 Å². The Bertz CT molecular complexity index is 757. The van der Waals surface area contributed by atoms with Crippen LogP contribution in [0.15, 0.2) is 28.7 Å². The van der Waals surface area contributed by atoms with E-state index in [1.807, 2.05) is 0 Å². The van der Waals surface area contributed by atoms with Crippen molar-refractivity contribution in [3.05, 3.63) is 47.2 Å². The molecule has 3 rings (SSSR count). The zero-order chi connectivity index (χ0) is 18.2. The summed E-state index contributed by atoms with van der Waals surface area (Å²) in [7, 11) is 0. The molecule has 3 atom stereocenters. The zero-order valence-corrected chi connectivity index (χ0v) is 13.6. The first-order valence-corrected chi connectivity index (χ1v) is 7.80. The smallest absolute Gasteiger partial charge is 0.416 e. The first-order chi connectivity index (χ1) is 11.7. The number of benzene rings is 1. The number of hydrogen-bond acceptors (Lipinski definition) is 5. The van der Waals surface area contributed by atoms with Gasteiger partial charge in [0.25, 0.3) is 0 Å². The Kier molecular flexibility index (Phi) is 4.51. The van der Waals surface area contributed by atoms with Gasteiger partial charge in [-0.3, -0.25) is 10.1 Å². The minimum atomic E-state index is -4.37. The summed E-state index contributed by atoms with van der Waals surface area (Å²) in [5.41, 5.74) is -0.0769. The number of nitrogens with one attached hydrogen (secondary N) is 2. The van der Waals surface area contributed by atoms with Gasteiger partial charge in [-0.2, -0.15) is 13.2 Å². The molecule has 25 heavy (non-hydrogen) atoms. The first-order valence-electron chi connectivity index (χ1n) is 7.80. The Morgan fingerprint density at radius 3 is 2.52 bits per heavy atom. The minimum Gasteiger partial charge on any atom is -0.423 e. The molecule has 0 radical (unpaired) electrons. The number of nitrogens with zero attached hydrogens (tertiary/aromatic N) is 2. The average Bonchev–Trinajstić information content (AvgIpc) is 3.02. The quantitative estimate of drug-likeness (QED) is 0.886. The maximum atomic E-state index is 12.6. The monoisotopic (exact) mass is 354 g/mol. The molecule has 1 amide bonds. The highest BCUT2D eigenvalue weighted by Gasteiger charge is 2.31. The highest BCUT2D eigenvalue weighted by molar-refractivity contribution is 5.77. The Labute approximate surface area is 141 Å². The van der Waals surface area contributed by atoms with E-state index in [0.29, 0.717) is 5.56 Å². The van der Waals surface area contributed by atoms with E-state index in [0.717, 1.165) is 12.1 Å². The van der Waals surface area contributed by atoms with Gasteiger partial charge >= 0.3 is 6.18 Å². The molecule has 2 unspecified atom stereocenters. The molecule has 1 fully saturated rings. The van der Waals surface area contributed by atoms with Crippen molar-refractivity contribution >= 4 is 5.91 Å². The lowest BCUT2D eigenvalue weighted by molar-refractivity contribution is -0.137. The Morgan fingerprint density at radius 1 is 1.24 bits per heavy atom. The van der Waals surface area contributed by atoms with E-state index in [-0.39, 0.29) is 42.2 Å². The molecule has 1 aromatic heterocycles. The molecular formula is C16H17F3N4O2. The molecule has 2 N–H and O–H groups in total. The molecule has 1 aliphatic heterocycles. The van der Waals surface area contributed by atoms with Crippen LogP contribution in [-0.4, -0.2) is 22.3 Å². The number of carbonyl (C=O) groups excluding carboxylic acids is 1. The number of rotatable bonds is 3. The maximum Gasteiger partial charge on any atom is 0.416 e. The third-order valence-electron chi connectivity index (χ3n) is 4.08. The van der Waals surface area contributed by atoms with Gasteiger partial charge in [-0.25, -0.2) is 0 Å². The lowest BCUT2D eigenvalue weighted by Gasteiger charge is -2.26. The van der Waals surface area contributed by atoms with Gasteiger partial charge in [-0.1, -0.05) is 12.1 Å². The molecule has 6 nitrogen and oxygen atoms in total. The van der Waals surface area contributed by atoms with Crippen molar-refractivity contribution in [2.24, 2.45) is 0 Å². The van der Waals surface area contributed by atoms with Gasteiger partial charge in [0.15, 0.2) is 0 Å². The zero-order valence-electron chi connectivity index (χ0n) is 13.6. The molecular weight excluding hydrogens is 337 g/mol. The Morgan fingerprint density at radius 2 is 1.92 bits per heavy atom. The summed E-state index contributed by atoms with van der Waals surface area (Å²) >= 11 is 0. The number of alkyl halides is 3. The molecule has 1 aliphatic rings. The van der Waals surface area contributed by atoms with Crippen LogP contribution in [0.25, 0.3) is 0 Å². The predicted octanol–water partition coefficient (Wildman–Crippen LogP) is 2.74. The molecule has 0 bridgehead atoms. The van der Waals surface area contributed by atoms with E-state index >= 15 is 0 Å². The van der Waals surface area contributed by atoms with E-state index in [9.17, 15) is 18.0 Å². The lowest BCUT2D eigenvalue weighted by Crippen LogP contribution is -2.51. The van der Waals surface area contributed by atoms with Crippen LogP contribution in [-0.2, 0) is 11.0 Å². The third kappa shape index (κ3) is 3.81. The molecule has 0 aliphatic carbocycles. The largest absolute Gasteiger partial charge is 0.423 e. The summed E-state index contributed by atoms with van der Waals surface area (Å²) in [4.78, 5) is 11.6. The van der Waals surface area contributed by atoms with Gasteiger partial charge in [0.05, 0.1) is 30.1 Å². The van der Waals surface area contributed by atoms with E-state index in [2.05, 4.69) is 20.8 Å². The van der Waals surface area contributed by atoms with Gasteiger partial charge in [-0.15, -0.1) is 10.2 Å². The number of amides is 1. The van der Waals surface area contributed by atoms with Crippen LogP contribution < -0.4 is 10.6 Å². The fraction of sp³-hybridized carbons (Fsp3) is 0.438. The molecule has 134 valence electrons. The SMILES string of the molecule is CC1NC(=O)CC(c2nnc([C@@H](C)c3ccc(C(F)(F)F)cc3)o2)N1. The second-order valence-corrected chi connectivity index (χ2v) is 6.03.